The van der Waals surface area contributed by atoms with Gasteiger partial charge in [-0.1, -0.05) is 18.2 Å². The summed E-state index contributed by atoms with van der Waals surface area (Å²) in [6, 6.07) is 13.6. The Kier molecular flexibility index (Phi) is 6.74. The number of sulfonamides is 1. The number of rotatable bonds is 5. The maximum absolute atomic E-state index is 13.7. The highest BCUT2D eigenvalue weighted by Crippen LogP contribution is 2.33. The molecule has 8 nitrogen and oxygen atoms in total. The van der Waals surface area contributed by atoms with E-state index in [4.69, 9.17) is 9.47 Å². The predicted molar refractivity (Wildman–Crippen MR) is 129 cm³/mol. The van der Waals surface area contributed by atoms with E-state index in [0.29, 0.717) is 21.9 Å². The fourth-order valence-electron chi connectivity index (χ4n) is 3.92. The smallest absolute Gasteiger partial charge is 0.326 e. The second-order valence-electron chi connectivity index (χ2n) is 7.74. The van der Waals surface area contributed by atoms with Crippen LogP contribution >= 0.6 is 11.3 Å². The van der Waals surface area contributed by atoms with Crippen LogP contribution in [0.3, 0.4) is 0 Å². The van der Waals surface area contributed by atoms with E-state index >= 15 is 0 Å². The summed E-state index contributed by atoms with van der Waals surface area (Å²) in [6.45, 7) is 1.55. The van der Waals surface area contributed by atoms with Crippen LogP contribution in [-0.2, 0) is 26.1 Å². The number of thiophene rings is 1. The first-order valence-corrected chi connectivity index (χ1v) is 12.8. The molecular weight excluding hydrogens is 476 g/mol. The molecule has 1 atom stereocenters. The van der Waals surface area contributed by atoms with Crippen molar-refractivity contribution in [1.29, 1.82) is 0 Å². The highest BCUT2D eigenvalue weighted by molar-refractivity contribution is 7.89. The SMILES string of the molecule is COC(=O)C1CN(C(=O)c2sccc2C)c2ccccc2CN1S(=O)(=O)c1ccc(OC)cc1. The topological polar surface area (TPSA) is 93.2 Å². The molecule has 4 rings (SSSR count). The van der Waals surface area contributed by atoms with Gasteiger partial charge in [-0.15, -0.1) is 11.3 Å². The monoisotopic (exact) mass is 500 g/mol. The molecule has 3 aromatic rings. The van der Waals surface area contributed by atoms with E-state index in [1.807, 2.05) is 18.4 Å². The molecule has 0 fully saturated rings. The average Bonchev–Trinajstić information content (AvgIpc) is 3.20. The van der Waals surface area contributed by atoms with Gasteiger partial charge in [-0.3, -0.25) is 9.59 Å². The van der Waals surface area contributed by atoms with Crippen LogP contribution < -0.4 is 9.64 Å². The van der Waals surface area contributed by atoms with Crippen LogP contribution in [0.15, 0.2) is 64.9 Å². The van der Waals surface area contributed by atoms with Crippen molar-refractivity contribution in [3.63, 3.8) is 0 Å². The molecule has 0 saturated heterocycles. The third-order valence-electron chi connectivity index (χ3n) is 5.75. The average molecular weight is 501 g/mol. The Labute approximate surface area is 202 Å². The van der Waals surface area contributed by atoms with Crippen LogP contribution in [0.5, 0.6) is 5.75 Å². The van der Waals surface area contributed by atoms with E-state index in [1.54, 1.807) is 36.4 Å². The Bertz CT molecular complexity index is 1320. The Morgan fingerprint density at radius 1 is 1.03 bits per heavy atom. The molecule has 10 heteroatoms. The molecule has 2 heterocycles. The molecule has 0 aliphatic carbocycles. The van der Waals surface area contributed by atoms with Gasteiger partial charge in [0.15, 0.2) is 0 Å². The lowest BCUT2D eigenvalue weighted by molar-refractivity contribution is -0.144. The number of carbonyl (C=O) groups is 2. The number of hydrogen-bond acceptors (Lipinski definition) is 7. The summed E-state index contributed by atoms with van der Waals surface area (Å²) in [5.74, 6) is -0.532. The molecule has 1 unspecified atom stereocenters. The summed E-state index contributed by atoms with van der Waals surface area (Å²) >= 11 is 1.30. The van der Waals surface area contributed by atoms with Crippen molar-refractivity contribution < 1.29 is 27.5 Å². The number of nitrogens with zero attached hydrogens (tertiary/aromatic N) is 2. The summed E-state index contributed by atoms with van der Waals surface area (Å²) in [5, 5.41) is 1.82. The van der Waals surface area contributed by atoms with Gasteiger partial charge in [0.2, 0.25) is 10.0 Å². The lowest BCUT2D eigenvalue weighted by Gasteiger charge is -2.29. The molecule has 1 amide bonds. The number of esters is 1. The summed E-state index contributed by atoms with van der Waals surface area (Å²) in [7, 11) is -1.43. The fraction of sp³-hybridized carbons (Fsp3) is 0.250. The molecule has 2 aromatic carbocycles. The van der Waals surface area contributed by atoms with Crippen LogP contribution in [0.4, 0.5) is 5.69 Å². The van der Waals surface area contributed by atoms with Crippen LogP contribution in [0.25, 0.3) is 0 Å². The van der Waals surface area contributed by atoms with Crippen molar-refractivity contribution in [2.45, 2.75) is 24.4 Å². The zero-order chi connectivity index (χ0) is 24.5. The highest BCUT2D eigenvalue weighted by atomic mass is 32.2. The largest absolute Gasteiger partial charge is 0.497 e. The minimum atomic E-state index is -4.13. The van der Waals surface area contributed by atoms with Crippen molar-refractivity contribution in [3.8, 4) is 5.75 Å². The van der Waals surface area contributed by atoms with E-state index in [2.05, 4.69) is 0 Å². The molecule has 34 heavy (non-hydrogen) atoms. The summed E-state index contributed by atoms with van der Waals surface area (Å²) in [4.78, 5) is 28.5. The zero-order valence-electron chi connectivity index (χ0n) is 18.9. The number of benzene rings is 2. The van der Waals surface area contributed by atoms with Gasteiger partial charge >= 0.3 is 5.97 Å². The third kappa shape index (κ3) is 4.31. The Morgan fingerprint density at radius 2 is 1.74 bits per heavy atom. The molecule has 0 radical (unpaired) electrons. The van der Waals surface area contributed by atoms with E-state index in [-0.39, 0.29) is 23.9 Å². The molecule has 178 valence electrons. The molecule has 0 spiro atoms. The maximum Gasteiger partial charge on any atom is 0.326 e. The Balaban J connectivity index is 1.83. The second kappa shape index (κ2) is 9.57. The highest BCUT2D eigenvalue weighted by Gasteiger charge is 2.42. The van der Waals surface area contributed by atoms with Gasteiger partial charge in [-0.25, -0.2) is 8.42 Å². The zero-order valence-corrected chi connectivity index (χ0v) is 20.6. The standard InChI is InChI=1S/C24H24N2O6S2/c1-16-12-13-33-22(16)23(27)25-15-21(24(28)32-3)26(14-17-6-4-5-7-20(17)25)34(29,30)19-10-8-18(31-2)9-11-19/h4-13,21H,14-15H2,1-3H3. The molecule has 1 aromatic heterocycles. The van der Waals surface area contributed by atoms with Gasteiger partial charge in [0.1, 0.15) is 11.8 Å². The molecule has 1 aliphatic rings. The van der Waals surface area contributed by atoms with E-state index in [9.17, 15) is 18.0 Å². The van der Waals surface area contributed by atoms with Crippen molar-refractivity contribution in [1.82, 2.24) is 4.31 Å². The molecule has 1 aliphatic heterocycles. The van der Waals surface area contributed by atoms with Gasteiger partial charge in [0.05, 0.1) is 30.5 Å². The van der Waals surface area contributed by atoms with Crippen LogP contribution in [0.2, 0.25) is 0 Å². The van der Waals surface area contributed by atoms with Crippen molar-refractivity contribution in [2.75, 3.05) is 25.7 Å². The normalized spacial score (nSPS) is 16.4. The second-order valence-corrected chi connectivity index (χ2v) is 10.5. The molecular formula is C24H24N2O6S2. The number of methoxy groups -OCH3 is 2. The first kappa shape index (κ1) is 23.9. The van der Waals surface area contributed by atoms with Crippen molar-refractivity contribution >= 4 is 38.9 Å². The summed E-state index contributed by atoms with van der Waals surface area (Å²) in [5.41, 5.74) is 1.98. The van der Waals surface area contributed by atoms with Crippen LogP contribution in [0.1, 0.15) is 20.8 Å². The van der Waals surface area contributed by atoms with Gasteiger partial charge in [0.25, 0.3) is 5.91 Å². The number of aryl methyl sites for hydroxylation is 1. The Morgan fingerprint density at radius 3 is 2.35 bits per heavy atom. The summed E-state index contributed by atoms with van der Waals surface area (Å²) < 4.78 is 38.7. The van der Waals surface area contributed by atoms with Gasteiger partial charge in [0, 0.05) is 12.2 Å². The number of amides is 1. The first-order chi connectivity index (χ1) is 16.3. The molecule has 0 N–H and O–H groups in total. The first-order valence-electron chi connectivity index (χ1n) is 10.5. The van der Waals surface area contributed by atoms with Crippen molar-refractivity contribution in [3.05, 3.63) is 76.0 Å². The fourth-order valence-corrected chi connectivity index (χ4v) is 6.34. The minimum Gasteiger partial charge on any atom is -0.497 e. The number of carbonyl (C=O) groups excluding carboxylic acids is 2. The van der Waals surface area contributed by atoms with E-state index < -0.39 is 22.0 Å². The molecule has 0 bridgehead atoms. The maximum atomic E-state index is 13.7. The lowest BCUT2D eigenvalue weighted by atomic mass is 10.1. The van der Waals surface area contributed by atoms with Crippen LogP contribution in [-0.4, -0.2) is 51.4 Å². The number of hydrogen-bond donors (Lipinski definition) is 0. The van der Waals surface area contributed by atoms with E-state index in [0.717, 1.165) is 9.87 Å². The van der Waals surface area contributed by atoms with Gasteiger partial charge in [-0.2, -0.15) is 4.31 Å². The lowest BCUT2D eigenvalue weighted by Crippen LogP contribution is -2.50. The van der Waals surface area contributed by atoms with Crippen LogP contribution in [0, 0.1) is 6.92 Å². The number of anilines is 1. The minimum absolute atomic E-state index is 0.00793. The van der Waals surface area contributed by atoms with E-state index in [1.165, 1.54) is 42.6 Å². The van der Waals surface area contributed by atoms with Gasteiger partial charge in [-0.05, 0) is 59.8 Å². The number of fused-ring (bicyclic) bond motifs is 1. The predicted octanol–water partition coefficient (Wildman–Crippen LogP) is 3.46. The van der Waals surface area contributed by atoms with Crippen molar-refractivity contribution in [2.24, 2.45) is 0 Å². The Hall–Kier alpha value is -3.21. The third-order valence-corrected chi connectivity index (χ3v) is 8.63. The summed E-state index contributed by atoms with van der Waals surface area (Å²) in [6.07, 6.45) is 0. The quantitative estimate of drug-likeness (QED) is 0.498. The molecule has 0 saturated carbocycles. The number of ether oxygens (including phenoxy) is 2. The number of para-hydroxylation sites is 1. The van der Waals surface area contributed by atoms with Gasteiger partial charge < -0.3 is 14.4 Å².